The smallest absolute Gasteiger partial charge is 0.113 e. The van der Waals surface area contributed by atoms with Crippen LogP contribution in [0.2, 0.25) is 0 Å². The van der Waals surface area contributed by atoms with Crippen molar-refractivity contribution in [2.24, 2.45) is 0 Å². The van der Waals surface area contributed by atoms with Crippen LogP contribution in [0.3, 0.4) is 0 Å². The van der Waals surface area contributed by atoms with Crippen LogP contribution in [0.1, 0.15) is 5.56 Å². The van der Waals surface area contributed by atoms with E-state index >= 15 is 0 Å². The molecule has 0 spiro atoms. The number of ether oxygens (including phenoxy) is 3. The Morgan fingerprint density at radius 3 is 2.87 bits per heavy atom. The van der Waals surface area contributed by atoms with Crippen molar-refractivity contribution in [3.63, 3.8) is 0 Å². The molecule has 2 rings (SSSR count). The van der Waals surface area contributed by atoms with Gasteiger partial charge in [-0.3, -0.25) is 0 Å². The normalized spacial score (nSPS) is 17.9. The first-order chi connectivity index (χ1) is 6.79. The molecule has 1 heterocycles. The summed E-state index contributed by atoms with van der Waals surface area (Å²) in [6, 6.07) is 6.93. The van der Waals surface area contributed by atoms with Crippen LogP contribution >= 0.6 is 0 Å². The van der Waals surface area contributed by atoms with Crippen molar-refractivity contribution >= 4 is 0 Å². The van der Waals surface area contributed by atoms with Gasteiger partial charge in [0.05, 0.1) is 13.7 Å². The second kappa shape index (κ2) is 5.83. The van der Waals surface area contributed by atoms with Gasteiger partial charge in [-0.05, 0) is 0 Å². The number of methoxy groups -OCH3 is 1. The molecule has 0 bridgehead atoms. The van der Waals surface area contributed by atoms with E-state index in [1.165, 1.54) is 0 Å². The van der Waals surface area contributed by atoms with Crippen molar-refractivity contribution in [3.8, 4) is 11.5 Å². The minimum Gasteiger partial charge on any atom is -0.545 e. The largest absolute Gasteiger partial charge is 0.545 e. The Hall–Kier alpha value is -0.116. The van der Waals surface area contributed by atoms with Crippen LogP contribution in [-0.2, 0) is 37.4 Å². The molecular weight excluding hydrogens is 269 g/mol. The predicted octanol–water partition coefficient (Wildman–Crippen LogP) is 1.58. The molecule has 1 aliphatic heterocycles. The van der Waals surface area contributed by atoms with E-state index < -0.39 is 0 Å². The summed E-state index contributed by atoms with van der Waals surface area (Å²) in [5.74, 6) is 1.39. The fourth-order valence-electron chi connectivity index (χ4n) is 1.17. The summed E-state index contributed by atoms with van der Waals surface area (Å²) in [6.45, 7) is 3.36. The molecule has 1 unspecified atom stereocenters. The molecule has 0 saturated carbocycles. The summed E-state index contributed by atoms with van der Waals surface area (Å²) in [5, 5.41) is 0. The van der Waals surface area contributed by atoms with Gasteiger partial charge in [0.2, 0.25) is 0 Å². The Labute approximate surface area is 115 Å². The van der Waals surface area contributed by atoms with Crippen LogP contribution in [0.25, 0.3) is 0 Å². The van der Waals surface area contributed by atoms with Crippen molar-refractivity contribution in [1.29, 1.82) is 0 Å². The Kier molecular flexibility index (Phi) is 5.03. The van der Waals surface area contributed by atoms with Gasteiger partial charge in [-0.1, -0.05) is 6.92 Å². The Morgan fingerprint density at radius 2 is 2.27 bits per heavy atom. The molecule has 0 amide bonds. The van der Waals surface area contributed by atoms with Gasteiger partial charge in [0.25, 0.3) is 0 Å². The maximum atomic E-state index is 5.53. The molecule has 0 aromatic heterocycles. The second-order valence-electron chi connectivity index (χ2n) is 3.31. The predicted molar refractivity (Wildman–Crippen MR) is 51.8 cm³/mol. The van der Waals surface area contributed by atoms with E-state index in [9.17, 15) is 0 Å². The molecule has 1 aliphatic rings. The molecule has 0 N–H and O–H groups in total. The first kappa shape index (κ1) is 13.0. The van der Waals surface area contributed by atoms with E-state index in [0.29, 0.717) is 12.4 Å². The number of hydrogen-bond donors (Lipinski definition) is 0. The molecule has 1 aromatic rings. The third-order valence-corrected chi connectivity index (χ3v) is 2.05. The van der Waals surface area contributed by atoms with Gasteiger partial charge in [-0.2, -0.15) is 11.6 Å². The van der Waals surface area contributed by atoms with Crippen LogP contribution in [0.4, 0.5) is 0 Å². The zero-order valence-corrected chi connectivity index (χ0v) is 11.8. The molecule has 1 aromatic carbocycles. The zero-order valence-electron chi connectivity index (χ0n) is 8.95. The van der Waals surface area contributed by atoms with Crippen LogP contribution < -0.4 is 9.47 Å². The third kappa shape index (κ3) is 3.74. The van der Waals surface area contributed by atoms with Gasteiger partial charge in [0.15, 0.2) is 0 Å². The van der Waals surface area contributed by atoms with Gasteiger partial charge in [0.1, 0.15) is 12.7 Å². The summed E-state index contributed by atoms with van der Waals surface area (Å²) < 4.78 is 15.7. The Balaban J connectivity index is 0.00000112. The van der Waals surface area contributed by atoms with Crippen LogP contribution in [0, 0.1) is 13.0 Å². The summed E-state index contributed by atoms with van der Waals surface area (Å²) in [4.78, 5) is 0. The van der Waals surface area contributed by atoms with E-state index in [-0.39, 0.29) is 38.8 Å². The molecule has 1 fully saturated rings. The molecule has 4 heteroatoms. The molecule has 15 heavy (non-hydrogen) atoms. The molecule has 1 saturated heterocycles. The molecule has 1 radical (unpaired) electrons. The first-order valence-electron chi connectivity index (χ1n) is 4.61. The van der Waals surface area contributed by atoms with Gasteiger partial charge in [-0.15, -0.1) is 12.1 Å². The van der Waals surface area contributed by atoms with Gasteiger partial charge >= 0.3 is 0 Å². The number of hydrogen-bond acceptors (Lipinski definition) is 3. The van der Waals surface area contributed by atoms with Gasteiger partial charge in [-0.25, -0.2) is 0 Å². The molecular formula is C11H13O3Y-. The first-order valence-corrected chi connectivity index (χ1v) is 4.61. The van der Waals surface area contributed by atoms with E-state index in [0.717, 1.165) is 17.9 Å². The van der Waals surface area contributed by atoms with E-state index in [2.05, 4.69) is 6.07 Å². The van der Waals surface area contributed by atoms with Crippen LogP contribution in [0.5, 0.6) is 11.5 Å². The number of aryl methyl sites for hydroxylation is 1. The van der Waals surface area contributed by atoms with Crippen molar-refractivity contribution in [2.75, 3.05) is 20.3 Å². The standard InChI is InChI=1S/C11H13O3.Y/c1-8-3-4-10(11(5-8)12-2)14-7-9-6-13-9;/h3-4,9H,6-7H2,1-2H3;/q-1;. The van der Waals surface area contributed by atoms with Crippen LogP contribution in [-0.4, -0.2) is 26.4 Å². The topological polar surface area (TPSA) is 31.0 Å². The average Bonchev–Trinajstić information content (AvgIpc) is 2.99. The minimum atomic E-state index is 0. The van der Waals surface area contributed by atoms with Crippen molar-refractivity contribution in [3.05, 3.63) is 23.8 Å². The maximum Gasteiger partial charge on any atom is 0.113 e. The fourth-order valence-corrected chi connectivity index (χ4v) is 1.17. The zero-order chi connectivity index (χ0) is 9.97. The Morgan fingerprint density at radius 1 is 1.53 bits per heavy atom. The summed E-state index contributed by atoms with van der Waals surface area (Å²) >= 11 is 0. The quantitative estimate of drug-likeness (QED) is 0.620. The minimum absolute atomic E-state index is 0. The number of benzene rings is 1. The molecule has 1 atom stereocenters. The SMILES string of the molecule is COc1[c-]c(C)ccc1OCC1CO1.[Y]. The van der Waals surface area contributed by atoms with E-state index in [4.69, 9.17) is 14.2 Å². The number of epoxide rings is 1. The average molecular weight is 282 g/mol. The monoisotopic (exact) mass is 282 g/mol. The summed E-state index contributed by atoms with van der Waals surface area (Å²) in [7, 11) is 1.62. The molecule has 0 aliphatic carbocycles. The summed E-state index contributed by atoms with van der Waals surface area (Å²) in [5.41, 5.74) is 1.04. The van der Waals surface area contributed by atoms with Gasteiger partial charge in [0, 0.05) is 44.2 Å². The van der Waals surface area contributed by atoms with Crippen molar-refractivity contribution in [2.45, 2.75) is 13.0 Å². The third-order valence-electron chi connectivity index (χ3n) is 2.05. The van der Waals surface area contributed by atoms with Gasteiger partial charge < -0.3 is 14.2 Å². The van der Waals surface area contributed by atoms with E-state index in [1.54, 1.807) is 7.11 Å². The Bertz CT molecular complexity index is 324. The maximum absolute atomic E-state index is 5.53. The van der Waals surface area contributed by atoms with Crippen molar-refractivity contribution < 1.29 is 46.9 Å². The summed E-state index contributed by atoms with van der Waals surface area (Å²) in [6.07, 6.45) is 0.265. The molecule has 3 nitrogen and oxygen atoms in total. The molecule has 79 valence electrons. The van der Waals surface area contributed by atoms with E-state index in [1.807, 2.05) is 19.1 Å². The van der Waals surface area contributed by atoms with Crippen molar-refractivity contribution in [1.82, 2.24) is 0 Å². The fraction of sp³-hybridized carbons (Fsp3) is 0.455. The number of rotatable bonds is 4. The van der Waals surface area contributed by atoms with Crippen LogP contribution in [0.15, 0.2) is 12.1 Å². The second-order valence-corrected chi connectivity index (χ2v) is 3.31.